The van der Waals surface area contributed by atoms with E-state index in [1.807, 2.05) is 80.6 Å². The fourth-order valence-electron chi connectivity index (χ4n) is 3.15. The fourth-order valence-corrected chi connectivity index (χ4v) is 4.39. The van der Waals surface area contributed by atoms with E-state index in [1.165, 1.54) is 5.56 Å². The van der Waals surface area contributed by atoms with Crippen LogP contribution in [0.15, 0.2) is 71.6 Å². The second kappa shape index (κ2) is 12.3. The monoisotopic (exact) mass is 480 g/mol. The number of thioether (sulfide) groups is 1. The molecule has 0 aliphatic rings. The van der Waals surface area contributed by atoms with E-state index in [0.717, 1.165) is 38.9 Å². The summed E-state index contributed by atoms with van der Waals surface area (Å²) in [5.74, 6) is 1.36. The van der Waals surface area contributed by atoms with Crippen LogP contribution in [0.1, 0.15) is 23.6 Å². The predicted octanol–water partition coefficient (Wildman–Crippen LogP) is 6.21. The summed E-state index contributed by atoms with van der Waals surface area (Å²) in [6.07, 6.45) is 0.232. The third-order valence-electron chi connectivity index (χ3n) is 4.89. The molecule has 0 spiro atoms. The van der Waals surface area contributed by atoms with Gasteiger partial charge in [0.2, 0.25) is 0 Å². The van der Waals surface area contributed by atoms with Crippen LogP contribution in [0.4, 0.5) is 11.4 Å². The molecule has 0 saturated heterocycles. The molecule has 0 fully saturated rings. The lowest BCUT2D eigenvalue weighted by molar-refractivity contribution is -0.142. The number of nitrogens with one attached hydrogen (secondary N) is 2. The van der Waals surface area contributed by atoms with Crippen molar-refractivity contribution in [3.63, 3.8) is 0 Å². The first kappa shape index (κ1) is 24.6. The van der Waals surface area contributed by atoms with E-state index in [4.69, 9.17) is 21.7 Å². The molecule has 33 heavy (non-hydrogen) atoms. The normalized spacial score (nSPS) is 10.4. The lowest BCUT2D eigenvalue weighted by Crippen LogP contribution is -2.20. The number of benzene rings is 3. The predicted molar refractivity (Wildman–Crippen MR) is 140 cm³/mol. The Morgan fingerprint density at radius 3 is 2.36 bits per heavy atom. The molecule has 5 nitrogen and oxygen atoms in total. The van der Waals surface area contributed by atoms with Crippen molar-refractivity contribution in [3.8, 4) is 5.75 Å². The summed E-state index contributed by atoms with van der Waals surface area (Å²) in [5.41, 5.74) is 5.02. The van der Waals surface area contributed by atoms with Crippen molar-refractivity contribution in [1.29, 1.82) is 0 Å². The van der Waals surface area contributed by atoms with Crippen LogP contribution in [0, 0.1) is 6.92 Å². The smallest absolute Gasteiger partial charge is 0.310 e. The number of esters is 1. The van der Waals surface area contributed by atoms with E-state index in [-0.39, 0.29) is 12.4 Å². The van der Waals surface area contributed by atoms with Crippen molar-refractivity contribution < 1.29 is 14.3 Å². The first-order valence-corrected chi connectivity index (χ1v) is 12.1. The van der Waals surface area contributed by atoms with Gasteiger partial charge in [0.05, 0.1) is 25.8 Å². The first-order chi connectivity index (χ1) is 16.0. The van der Waals surface area contributed by atoms with E-state index < -0.39 is 0 Å². The van der Waals surface area contributed by atoms with Crippen molar-refractivity contribution in [2.45, 2.75) is 30.9 Å². The summed E-state index contributed by atoms with van der Waals surface area (Å²) in [6, 6.07) is 21.9. The molecule has 3 aromatic rings. The second-order valence-corrected chi connectivity index (χ2v) is 8.77. The quantitative estimate of drug-likeness (QED) is 0.214. The number of ether oxygens (including phenoxy) is 2. The molecule has 0 bridgehead atoms. The third-order valence-corrected chi connectivity index (χ3v) is 6.23. The van der Waals surface area contributed by atoms with Gasteiger partial charge in [-0.15, -0.1) is 11.8 Å². The minimum absolute atomic E-state index is 0.232. The topological polar surface area (TPSA) is 59.6 Å². The Labute approximate surface area is 204 Å². The SMILES string of the molecule is CCOC(=O)Cc1ccc(NC(=S)Nc2ccccc2C)c(SCc2ccc(OC)cc2)c1. The minimum atomic E-state index is -0.235. The van der Waals surface area contributed by atoms with E-state index >= 15 is 0 Å². The Hall–Kier alpha value is -3.03. The van der Waals surface area contributed by atoms with Crippen molar-refractivity contribution in [2.24, 2.45) is 0 Å². The molecule has 3 aromatic carbocycles. The molecule has 0 heterocycles. The summed E-state index contributed by atoms with van der Waals surface area (Å²) in [5, 5.41) is 7.08. The van der Waals surface area contributed by atoms with Crippen LogP contribution >= 0.6 is 24.0 Å². The van der Waals surface area contributed by atoms with Crippen LogP contribution in [0.3, 0.4) is 0 Å². The lowest BCUT2D eigenvalue weighted by Gasteiger charge is -2.16. The number of aryl methyl sites for hydroxylation is 1. The van der Waals surface area contributed by atoms with Gasteiger partial charge in [0, 0.05) is 16.3 Å². The molecule has 0 amide bonds. The van der Waals surface area contributed by atoms with E-state index in [1.54, 1.807) is 18.9 Å². The van der Waals surface area contributed by atoms with Crippen LogP contribution in [-0.2, 0) is 21.7 Å². The van der Waals surface area contributed by atoms with Gasteiger partial charge in [-0.3, -0.25) is 4.79 Å². The summed E-state index contributed by atoms with van der Waals surface area (Å²) < 4.78 is 10.3. The van der Waals surface area contributed by atoms with Crippen LogP contribution < -0.4 is 15.4 Å². The van der Waals surface area contributed by atoms with Crippen molar-refractivity contribution in [1.82, 2.24) is 0 Å². The number of rotatable bonds is 9. The number of carbonyl (C=O) groups excluding carboxylic acids is 1. The number of para-hydroxylation sites is 1. The van der Waals surface area contributed by atoms with Gasteiger partial charge in [-0.2, -0.15) is 0 Å². The Balaban J connectivity index is 1.77. The van der Waals surface area contributed by atoms with Crippen LogP contribution in [0.25, 0.3) is 0 Å². The molecule has 0 saturated carbocycles. The highest BCUT2D eigenvalue weighted by Gasteiger charge is 2.11. The molecule has 7 heteroatoms. The maximum atomic E-state index is 12.0. The number of anilines is 2. The Morgan fingerprint density at radius 2 is 1.67 bits per heavy atom. The van der Waals surface area contributed by atoms with Gasteiger partial charge in [0.25, 0.3) is 0 Å². The second-order valence-electron chi connectivity index (χ2n) is 7.34. The summed E-state index contributed by atoms with van der Waals surface area (Å²) in [7, 11) is 1.66. The highest BCUT2D eigenvalue weighted by Crippen LogP contribution is 2.32. The molecule has 3 rings (SSSR count). The van der Waals surface area contributed by atoms with Crippen LogP contribution in [-0.4, -0.2) is 24.8 Å². The molecular weight excluding hydrogens is 452 g/mol. The van der Waals surface area contributed by atoms with Crippen molar-refractivity contribution >= 4 is 46.4 Å². The highest BCUT2D eigenvalue weighted by molar-refractivity contribution is 7.98. The molecule has 0 radical (unpaired) electrons. The van der Waals surface area contributed by atoms with Gasteiger partial charge in [-0.05, 0) is 73.1 Å². The van der Waals surface area contributed by atoms with Crippen LogP contribution in [0.2, 0.25) is 0 Å². The van der Waals surface area contributed by atoms with Crippen molar-refractivity contribution in [3.05, 3.63) is 83.4 Å². The zero-order chi connectivity index (χ0) is 23.6. The zero-order valence-corrected chi connectivity index (χ0v) is 20.6. The Kier molecular flexibility index (Phi) is 9.15. The summed E-state index contributed by atoms with van der Waals surface area (Å²) >= 11 is 7.24. The summed E-state index contributed by atoms with van der Waals surface area (Å²) in [4.78, 5) is 13.0. The number of hydrogen-bond donors (Lipinski definition) is 2. The van der Waals surface area contributed by atoms with Gasteiger partial charge >= 0.3 is 5.97 Å². The van der Waals surface area contributed by atoms with Gasteiger partial charge in [0.1, 0.15) is 5.75 Å². The molecule has 0 atom stereocenters. The lowest BCUT2D eigenvalue weighted by atomic mass is 10.1. The molecule has 0 unspecified atom stereocenters. The Bertz CT molecular complexity index is 1100. The largest absolute Gasteiger partial charge is 0.497 e. The number of methoxy groups -OCH3 is 1. The number of hydrogen-bond acceptors (Lipinski definition) is 5. The average molecular weight is 481 g/mol. The van der Waals surface area contributed by atoms with Crippen molar-refractivity contribution in [2.75, 3.05) is 24.4 Å². The van der Waals surface area contributed by atoms with E-state index in [2.05, 4.69) is 10.6 Å². The third kappa shape index (κ3) is 7.51. The average Bonchev–Trinajstić information content (AvgIpc) is 2.81. The molecule has 2 N–H and O–H groups in total. The summed E-state index contributed by atoms with van der Waals surface area (Å²) in [6.45, 7) is 4.21. The molecule has 0 aliphatic heterocycles. The van der Waals surface area contributed by atoms with Gasteiger partial charge in [0.15, 0.2) is 5.11 Å². The highest BCUT2D eigenvalue weighted by atomic mass is 32.2. The Morgan fingerprint density at radius 1 is 0.970 bits per heavy atom. The standard InChI is InChI=1S/C26H28N2O3S2/c1-4-31-25(29)16-20-11-14-23(28-26(32)27-22-8-6-5-7-18(22)2)24(15-20)33-17-19-9-12-21(30-3)13-10-19/h5-15H,4,16-17H2,1-3H3,(H2,27,28,32). The molecule has 0 aliphatic carbocycles. The molecular formula is C26H28N2O3S2. The van der Waals surface area contributed by atoms with Gasteiger partial charge in [-0.1, -0.05) is 36.4 Å². The van der Waals surface area contributed by atoms with Gasteiger partial charge < -0.3 is 20.1 Å². The van der Waals surface area contributed by atoms with E-state index in [9.17, 15) is 4.79 Å². The number of thiocarbonyl (C=S) groups is 1. The fraction of sp³-hybridized carbons (Fsp3) is 0.231. The first-order valence-electron chi connectivity index (χ1n) is 10.7. The molecule has 0 aromatic heterocycles. The maximum Gasteiger partial charge on any atom is 0.310 e. The minimum Gasteiger partial charge on any atom is -0.497 e. The van der Waals surface area contributed by atoms with Crippen LogP contribution in [0.5, 0.6) is 5.75 Å². The van der Waals surface area contributed by atoms with Gasteiger partial charge in [-0.25, -0.2) is 0 Å². The maximum absolute atomic E-state index is 12.0. The van der Waals surface area contributed by atoms with E-state index in [0.29, 0.717) is 11.7 Å². The zero-order valence-electron chi connectivity index (χ0n) is 19.0. The number of carbonyl (C=O) groups is 1. The molecule has 172 valence electrons.